The molecule has 0 aromatic heterocycles. The lowest BCUT2D eigenvalue weighted by atomic mass is 9.83. The third kappa shape index (κ3) is 2.37. The van der Waals surface area contributed by atoms with Crippen LogP contribution in [-0.2, 0) is 10.2 Å². The predicted octanol–water partition coefficient (Wildman–Crippen LogP) is 5.09. The summed E-state index contributed by atoms with van der Waals surface area (Å²) in [7, 11) is 2.09. The van der Waals surface area contributed by atoms with Crippen molar-refractivity contribution in [2.24, 2.45) is 0 Å². The number of Topliss-reactive ketones (excluding diaryl/α,β-unsaturated/α-hetero) is 1. The maximum Gasteiger partial charge on any atom is 0.189 e. The van der Waals surface area contributed by atoms with Crippen molar-refractivity contribution in [1.29, 1.82) is 0 Å². The zero-order valence-corrected chi connectivity index (χ0v) is 15.4. The van der Waals surface area contributed by atoms with Gasteiger partial charge in [0.15, 0.2) is 5.78 Å². The second-order valence-electron chi connectivity index (χ2n) is 7.28. The SMILES string of the molecule is CC1=CC(=CC=C2N(C)c3ccccc3C2(C)C)C(=O)C(C)=C1C. The van der Waals surface area contributed by atoms with Crippen LogP contribution >= 0.6 is 0 Å². The molecule has 1 aliphatic carbocycles. The maximum atomic E-state index is 12.5. The number of allylic oxidation sites excluding steroid dienone is 8. The standard InChI is InChI=1S/C22H25NO/c1-14-13-17(21(24)16(3)15(14)2)11-12-20-22(4,5)18-9-7-8-10-19(18)23(20)6/h7-13H,1-6H3. The minimum Gasteiger partial charge on any atom is -0.347 e. The number of hydrogen-bond acceptors (Lipinski definition) is 2. The van der Waals surface area contributed by atoms with Gasteiger partial charge in [-0.2, -0.15) is 0 Å². The molecule has 0 unspecified atom stereocenters. The predicted molar refractivity (Wildman–Crippen MR) is 101 cm³/mol. The van der Waals surface area contributed by atoms with Gasteiger partial charge in [0, 0.05) is 35.0 Å². The second-order valence-corrected chi connectivity index (χ2v) is 7.28. The Labute approximate surface area is 144 Å². The Morgan fingerprint density at radius 3 is 2.33 bits per heavy atom. The van der Waals surface area contributed by atoms with Gasteiger partial charge < -0.3 is 4.90 Å². The van der Waals surface area contributed by atoms with Crippen LogP contribution < -0.4 is 4.90 Å². The Bertz CT molecular complexity index is 846. The van der Waals surface area contributed by atoms with E-state index in [0.717, 1.165) is 16.7 Å². The number of para-hydroxylation sites is 1. The minimum absolute atomic E-state index is 0.0698. The van der Waals surface area contributed by atoms with Gasteiger partial charge >= 0.3 is 0 Å². The van der Waals surface area contributed by atoms with Crippen molar-refractivity contribution < 1.29 is 4.79 Å². The lowest BCUT2D eigenvalue weighted by molar-refractivity contribution is -0.112. The summed E-state index contributed by atoms with van der Waals surface area (Å²) in [5.41, 5.74) is 7.57. The van der Waals surface area contributed by atoms with E-state index in [9.17, 15) is 4.79 Å². The van der Waals surface area contributed by atoms with E-state index in [4.69, 9.17) is 0 Å². The summed E-state index contributed by atoms with van der Waals surface area (Å²) in [5, 5.41) is 0. The molecule has 0 fully saturated rings. The van der Waals surface area contributed by atoms with Crippen LogP contribution in [0.2, 0.25) is 0 Å². The Hall–Kier alpha value is -2.35. The van der Waals surface area contributed by atoms with Crippen LogP contribution in [0.15, 0.2) is 70.5 Å². The highest BCUT2D eigenvalue weighted by Crippen LogP contribution is 2.46. The highest BCUT2D eigenvalue weighted by atomic mass is 16.1. The quantitative estimate of drug-likeness (QED) is 0.672. The number of fused-ring (bicyclic) bond motifs is 1. The van der Waals surface area contributed by atoms with E-state index in [0.29, 0.717) is 0 Å². The Kier molecular flexibility index (Phi) is 3.87. The fourth-order valence-electron chi connectivity index (χ4n) is 3.68. The van der Waals surface area contributed by atoms with E-state index in [2.05, 4.69) is 63.1 Å². The van der Waals surface area contributed by atoms with Crippen LogP contribution in [0, 0.1) is 0 Å². The van der Waals surface area contributed by atoms with E-state index in [1.807, 2.05) is 26.0 Å². The molecule has 3 rings (SSSR count). The van der Waals surface area contributed by atoms with Crippen molar-refractivity contribution in [3.63, 3.8) is 0 Å². The number of likely N-dealkylation sites (N-methyl/N-ethyl adjacent to an activating group) is 1. The van der Waals surface area contributed by atoms with Crippen molar-refractivity contribution in [2.75, 3.05) is 11.9 Å². The maximum absolute atomic E-state index is 12.5. The minimum atomic E-state index is -0.0698. The average molecular weight is 319 g/mol. The highest BCUT2D eigenvalue weighted by Gasteiger charge is 2.37. The molecule has 0 N–H and O–H groups in total. The van der Waals surface area contributed by atoms with Gasteiger partial charge in [0.2, 0.25) is 0 Å². The van der Waals surface area contributed by atoms with Crippen molar-refractivity contribution in [2.45, 2.75) is 40.0 Å². The largest absolute Gasteiger partial charge is 0.347 e. The van der Waals surface area contributed by atoms with Crippen LogP contribution in [0.3, 0.4) is 0 Å². The van der Waals surface area contributed by atoms with Crippen LogP contribution in [-0.4, -0.2) is 12.8 Å². The first kappa shape index (κ1) is 16.5. The molecule has 0 spiro atoms. The lowest BCUT2D eigenvalue weighted by Gasteiger charge is -2.24. The van der Waals surface area contributed by atoms with Crippen LogP contribution in [0.25, 0.3) is 0 Å². The van der Waals surface area contributed by atoms with Gasteiger partial charge in [0.1, 0.15) is 0 Å². The molecule has 2 aliphatic rings. The van der Waals surface area contributed by atoms with Crippen molar-refractivity contribution in [3.8, 4) is 0 Å². The Morgan fingerprint density at radius 2 is 1.67 bits per heavy atom. The van der Waals surface area contributed by atoms with Crippen molar-refractivity contribution in [1.82, 2.24) is 0 Å². The number of anilines is 1. The van der Waals surface area contributed by atoms with E-state index >= 15 is 0 Å². The van der Waals surface area contributed by atoms with Gasteiger partial charge in [-0.05, 0) is 61.8 Å². The molecule has 0 radical (unpaired) electrons. The molecule has 0 bridgehead atoms. The number of benzene rings is 1. The molecule has 0 amide bonds. The summed E-state index contributed by atoms with van der Waals surface area (Å²) in [4.78, 5) is 14.8. The monoisotopic (exact) mass is 319 g/mol. The molecule has 1 aromatic rings. The smallest absolute Gasteiger partial charge is 0.189 e. The van der Waals surface area contributed by atoms with E-state index < -0.39 is 0 Å². The number of carbonyl (C=O) groups is 1. The molecule has 124 valence electrons. The van der Waals surface area contributed by atoms with Gasteiger partial charge in [-0.15, -0.1) is 0 Å². The summed E-state index contributed by atoms with van der Waals surface area (Å²) in [6.45, 7) is 10.5. The van der Waals surface area contributed by atoms with Crippen molar-refractivity contribution in [3.05, 3.63) is 76.0 Å². The van der Waals surface area contributed by atoms with Crippen LogP contribution in [0.4, 0.5) is 5.69 Å². The van der Waals surface area contributed by atoms with Gasteiger partial charge in [-0.1, -0.05) is 32.0 Å². The molecule has 1 aromatic carbocycles. The fraction of sp³-hybridized carbons (Fsp3) is 0.318. The first-order chi connectivity index (χ1) is 11.2. The number of rotatable bonds is 1. The van der Waals surface area contributed by atoms with Crippen LogP contribution in [0.1, 0.15) is 40.2 Å². The van der Waals surface area contributed by atoms with Crippen molar-refractivity contribution >= 4 is 11.5 Å². The molecule has 2 heteroatoms. The number of nitrogens with zero attached hydrogens (tertiary/aromatic N) is 1. The fourth-order valence-corrected chi connectivity index (χ4v) is 3.68. The van der Waals surface area contributed by atoms with E-state index in [1.54, 1.807) is 0 Å². The van der Waals surface area contributed by atoms with Gasteiger partial charge in [0.25, 0.3) is 0 Å². The molecule has 1 aliphatic heterocycles. The first-order valence-electron chi connectivity index (χ1n) is 8.41. The number of carbonyl (C=O) groups excluding carboxylic acids is 1. The lowest BCUT2D eigenvalue weighted by Crippen LogP contribution is -2.22. The third-order valence-corrected chi connectivity index (χ3v) is 5.49. The zero-order chi connectivity index (χ0) is 17.6. The Morgan fingerprint density at radius 1 is 1.00 bits per heavy atom. The van der Waals surface area contributed by atoms with E-state index in [1.165, 1.54) is 22.5 Å². The molecule has 0 saturated carbocycles. The zero-order valence-electron chi connectivity index (χ0n) is 15.4. The average Bonchev–Trinajstić information content (AvgIpc) is 2.75. The van der Waals surface area contributed by atoms with Gasteiger partial charge in [0.05, 0.1) is 0 Å². The van der Waals surface area contributed by atoms with Gasteiger partial charge in [-0.25, -0.2) is 0 Å². The molecule has 24 heavy (non-hydrogen) atoms. The Balaban J connectivity index is 2.04. The van der Waals surface area contributed by atoms with Gasteiger partial charge in [-0.3, -0.25) is 4.79 Å². The first-order valence-corrected chi connectivity index (χ1v) is 8.41. The molecular weight excluding hydrogens is 294 g/mol. The molecular formula is C22H25NO. The topological polar surface area (TPSA) is 20.3 Å². The number of ketones is 1. The summed E-state index contributed by atoms with van der Waals surface area (Å²) in [5.74, 6) is 0.130. The summed E-state index contributed by atoms with van der Waals surface area (Å²) in [6.07, 6.45) is 6.07. The summed E-state index contributed by atoms with van der Waals surface area (Å²) in [6, 6.07) is 8.49. The normalized spacial score (nSPS) is 23.2. The summed E-state index contributed by atoms with van der Waals surface area (Å²) < 4.78 is 0. The second kappa shape index (κ2) is 5.62. The molecule has 1 heterocycles. The highest BCUT2D eigenvalue weighted by molar-refractivity contribution is 6.12. The molecule has 2 nitrogen and oxygen atoms in total. The third-order valence-electron chi connectivity index (χ3n) is 5.49. The molecule has 0 saturated heterocycles. The number of hydrogen-bond donors (Lipinski definition) is 0. The van der Waals surface area contributed by atoms with E-state index in [-0.39, 0.29) is 11.2 Å². The molecule has 0 atom stereocenters. The summed E-state index contributed by atoms with van der Waals surface area (Å²) >= 11 is 0. The van der Waals surface area contributed by atoms with Crippen LogP contribution in [0.5, 0.6) is 0 Å².